The predicted molar refractivity (Wildman–Crippen MR) is 140 cm³/mol. The molecule has 0 fully saturated rings. The fourth-order valence-electron chi connectivity index (χ4n) is 3.58. The number of nitrogen functional groups attached to an aromatic ring is 1. The number of likely N-dealkylation sites (N-methyl/N-ethyl adjacent to an activating group) is 2. The van der Waals surface area contributed by atoms with Crippen LogP contribution in [0.25, 0.3) is 11.1 Å². The third kappa shape index (κ3) is 6.42. The lowest BCUT2D eigenvalue weighted by Crippen LogP contribution is -2.36. The minimum Gasteiger partial charge on any atom is -0.482 e. The molecule has 3 aromatic rings. The van der Waals surface area contributed by atoms with Gasteiger partial charge in [-0.25, -0.2) is 9.37 Å². The molecule has 1 unspecified atom stereocenters. The van der Waals surface area contributed by atoms with Crippen LogP contribution >= 0.6 is 23.2 Å². The van der Waals surface area contributed by atoms with Crippen LogP contribution in [-0.2, 0) is 0 Å². The van der Waals surface area contributed by atoms with E-state index in [1.165, 1.54) is 12.1 Å². The average molecular weight is 519 g/mol. The average Bonchev–Trinajstić information content (AvgIpc) is 2.83. The van der Waals surface area contributed by atoms with Gasteiger partial charge in [0, 0.05) is 47.5 Å². The minimum absolute atomic E-state index is 0.0157. The normalized spacial score (nSPS) is 12.0. The number of hydrogen-bond acceptors (Lipinski definition) is 5. The number of nitrogens with two attached hydrogens (primary N) is 1. The number of carbonyl (C=O) groups excluding carboxylic acids is 1. The van der Waals surface area contributed by atoms with Gasteiger partial charge in [-0.3, -0.25) is 4.79 Å². The SMILES string of the molecule is CCN(CCN(C)C)C(=O)c1ccc(-c2cnc(N)c(OC(C)c3c(Cl)ccc(F)c3Cl)c2)cc1. The van der Waals surface area contributed by atoms with Gasteiger partial charge < -0.3 is 20.3 Å². The first kappa shape index (κ1) is 26.7. The number of pyridine rings is 1. The van der Waals surface area contributed by atoms with Crippen molar-refractivity contribution in [3.05, 3.63) is 75.7 Å². The molecule has 1 atom stereocenters. The van der Waals surface area contributed by atoms with Crippen LogP contribution in [0.5, 0.6) is 5.75 Å². The van der Waals surface area contributed by atoms with E-state index in [0.29, 0.717) is 35.0 Å². The molecule has 6 nitrogen and oxygen atoms in total. The second-order valence-electron chi connectivity index (χ2n) is 8.39. The lowest BCUT2D eigenvalue weighted by atomic mass is 10.0. The van der Waals surface area contributed by atoms with Gasteiger partial charge in [0.25, 0.3) is 5.91 Å². The first-order valence-corrected chi connectivity index (χ1v) is 12.0. The zero-order chi connectivity index (χ0) is 25.7. The largest absolute Gasteiger partial charge is 0.482 e. The number of hydrogen-bond donors (Lipinski definition) is 1. The van der Waals surface area contributed by atoms with Crippen molar-refractivity contribution in [2.24, 2.45) is 0 Å². The Labute approximate surface area is 215 Å². The summed E-state index contributed by atoms with van der Waals surface area (Å²) in [5, 5.41) is 0.193. The van der Waals surface area contributed by atoms with Crippen LogP contribution in [0, 0.1) is 5.82 Å². The third-order valence-electron chi connectivity index (χ3n) is 5.62. The molecule has 35 heavy (non-hydrogen) atoms. The van der Waals surface area contributed by atoms with Gasteiger partial charge in [0.15, 0.2) is 11.6 Å². The second-order valence-corrected chi connectivity index (χ2v) is 9.17. The number of ether oxygens (including phenoxy) is 1. The van der Waals surface area contributed by atoms with E-state index in [-0.39, 0.29) is 16.7 Å². The number of carbonyl (C=O) groups is 1. The Morgan fingerprint density at radius 3 is 2.43 bits per heavy atom. The molecule has 1 heterocycles. The molecule has 3 rings (SSSR count). The number of halogens is 3. The Bertz CT molecular complexity index is 1190. The number of amides is 1. The number of rotatable bonds is 9. The summed E-state index contributed by atoms with van der Waals surface area (Å²) in [7, 11) is 3.96. The summed E-state index contributed by atoms with van der Waals surface area (Å²) in [6, 6.07) is 11.7. The summed E-state index contributed by atoms with van der Waals surface area (Å²) >= 11 is 12.3. The van der Waals surface area contributed by atoms with Crippen LogP contribution in [-0.4, -0.2) is 54.4 Å². The lowest BCUT2D eigenvalue weighted by molar-refractivity contribution is 0.0754. The predicted octanol–water partition coefficient (Wildman–Crippen LogP) is 5.94. The van der Waals surface area contributed by atoms with Crippen molar-refractivity contribution in [3.8, 4) is 16.9 Å². The highest BCUT2D eigenvalue weighted by molar-refractivity contribution is 6.36. The molecule has 2 aromatic carbocycles. The Hall–Kier alpha value is -2.87. The highest BCUT2D eigenvalue weighted by Gasteiger charge is 2.20. The molecule has 2 N–H and O–H groups in total. The van der Waals surface area contributed by atoms with Crippen molar-refractivity contribution < 1.29 is 13.9 Å². The zero-order valence-corrected chi connectivity index (χ0v) is 21.7. The van der Waals surface area contributed by atoms with Gasteiger partial charge in [-0.15, -0.1) is 0 Å². The Morgan fingerprint density at radius 1 is 1.11 bits per heavy atom. The van der Waals surface area contributed by atoms with E-state index in [4.69, 9.17) is 33.7 Å². The van der Waals surface area contributed by atoms with E-state index in [9.17, 15) is 9.18 Å². The minimum atomic E-state index is -0.674. The molecule has 0 aliphatic heterocycles. The number of aromatic nitrogens is 1. The van der Waals surface area contributed by atoms with Gasteiger partial charge in [-0.2, -0.15) is 0 Å². The van der Waals surface area contributed by atoms with Crippen molar-refractivity contribution in [1.82, 2.24) is 14.8 Å². The van der Waals surface area contributed by atoms with Crippen LogP contribution in [0.3, 0.4) is 0 Å². The van der Waals surface area contributed by atoms with E-state index < -0.39 is 11.9 Å². The van der Waals surface area contributed by atoms with Crippen molar-refractivity contribution in [2.45, 2.75) is 20.0 Å². The van der Waals surface area contributed by atoms with E-state index in [0.717, 1.165) is 17.7 Å². The molecule has 0 spiro atoms. The molecule has 0 aliphatic carbocycles. The van der Waals surface area contributed by atoms with Crippen LogP contribution < -0.4 is 10.5 Å². The van der Waals surface area contributed by atoms with Crippen LogP contribution in [0.1, 0.15) is 35.9 Å². The summed E-state index contributed by atoms with van der Waals surface area (Å²) in [5.74, 6) is -0.111. The first-order valence-electron chi connectivity index (χ1n) is 11.2. The maximum absolute atomic E-state index is 14.0. The molecular weight excluding hydrogens is 490 g/mol. The molecule has 0 bridgehead atoms. The van der Waals surface area contributed by atoms with E-state index in [1.807, 2.05) is 43.0 Å². The smallest absolute Gasteiger partial charge is 0.253 e. The van der Waals surface area contributed by atoms with Crippen LogP contribution in [0.2, 0.25) is 10.0 Å². The summed E-state index contributed by atoms with van der Waals surface area (Å²) in [5.41, 5.74) is 8.56. The van der Waals surface area contributed by atoms with Crippen molar-refractivity contribution >= 4 is 34.9 Å². The molecular formula is C26H29Cl2FN4O2. The van der Waals surface area contributed by atoms with E-state index in [2.05, 4.69) is 4.98 Å². The molecule has 9 heteroatoms. The van der Waals surface area contributed by atoms with Gasteiger partial charge in [-0.05, 0) is 63.8 Å². The number of anilines is 1. The van der Waals surface area contributed by atoms with Crippen LogP contribution in [0.15, 0.2) is 48.7 Å². The van der Waals surface area contributed by atoms with Gasteiger partial charge in [0.1, 0.15) is 11.9 Å². The molecule has 1 amide bonds. The van der Waals surface area contributed by atoms with Gasteiger partial charge in [0.2, 0.25) is 0 Å². The maximum atomic E-state index is 14.0. The van der Waals surface area contributed by atoms with Gasteiger partial charge >= 0.3 is 0 Å². The van der Waals surface area contributed by atoms with E-state index >= 15 is 0 Å². The fourth-order valence-corrected chi connectivity index (χ4v) is 4.26. The topological polar surface area (TPSA) is 71.7 Å². The Kier molecular flexibility index (Phi) is 8.94. The Morgan fingerprint density at radius 2 is 1.80 bits per heavy atom. The van der Waals surface area contributed by atoms with Gasteiger partial charge in [-0.1, -0.05) is 35.3 Å². The van der Waals surface area contributed by atoms with Crippen molar-refractivity contribution in [2.75, 3.05) is 39.5 Å². The number of benzene rings is 2. The quantitative estimate of drug-likeness (QED) is 0.355. The Balaban J connectivity index is 1.81. The molecule has 0 saturated heterocycles. The van der Waals surface area contributed by atoms with Crippen LogP contribution in [0.4, 0.5) is 10.2 Å². The number of nitrogens with zero attached hydrogens (tertiary/aromatic N) is 3. The summed E-state index contributed by atoms with van der Waals surface area (Å²) < 4.78 is 19.9. The zero-order valence-electron chi connectivity index (χ0n) is 20.2. The molecule has 0 saturated carbocycles. The molecule has 0 radical (unpaired) electrons. The standard InChI is InChI=1S/C26H29Cl2FN4O2/c1-5-33(13-12-32(3)4)26(34)18-8-6-17(7-9-18)19-14-22(25(30)31-15-19)35-16(2)23-20(27)10-11-21(29)24(23)28/h6-11,14-16H,5,12-13H2,1-4H3,(H2,30,31). The highest BCUT2D eigenvalue weighted by atomic mass is 35.5. The van der Waals surface area contributed by atoms with Gasteiger partial charge in [0.05, 0.1) is 5.02 Å². The molecule has 186 valence electrons. The summed E-state index contributed by atoms with van der Waals surface area (Å²) in [6.45, 7) is 5.75. The molecule has 0 aliphatic rings. The lowest BCUT2D eigenvalue weighted by Gasteiger charge is -2.23. The first-order chi connectivity index (χ1) is 16.6. The van der Waals surface area contributed by atoms with Crippen molar-refractivity contribution in [1.29, 1.82) is 0 Å². The third-order valence-corrected chi connectivity index (χ3v) is 6.34. The summed E-state index contributed by atoms with van der Waals surface area (Å²) in [6.07, 6.45) is 0.952. The molecule has 1 aromatic heterocycles. The highest BCUT2D eigenvalue weighted by Crippen LogP contribution is 2.37. The fraction of sp³-hybridized carbons (Fsp3) is 0.308. The summed E-state index contributed by atoms with van der Waals surface area (Å²) in [4.78, 5) is 21.0. The maximum Gasteiger partial charge on any atom is 0.253 e. The second kappa shape index (κ2) is 11.7. The van der Waals surface area contributed by atoms with E-state index in [1.54, 1.807) is 31.3 Å². The monoisotopic (exact) mass is 518 g/mol. The van der Waals surface area contributed by atoms with Crippen molar-refractivity contribution in [3.63, 3.8) is 0 Å².